The van der Waals surface area contributed by atoms with Crippen LogP contribution in [0.25, 0.3) is 0 Å². The molecule has 0 aromatic heterocycles. The van der Waals surface area contributed by atoms with E-state index in [2.05, 4.69) is 5.32 Å². The number of anilines is 2. The van der Waals surface area contributed by atoms with Crippen molar-refractivity contribution >= 4 is 23.2 Å². The van der Waals surface area contributed by atoms with Crippen LogP contribution < -0.4 is 19.7 Å². The van der Waals surface area contributed by atoms with Crippen molar-refractivity contribution in [1.29, 1.82) is 0 Å². The molecule has 5 rings (SSSR count). The Balaban J connectivity index is 1.37. The number of amides is 2. The molecule has 38 heavy (non-hydrogen) atoms. The first kappa shape index (κ1) is 25.1. The van der Waals surface area contributed by atoms with E-state index in [0.717, 1.165) is 22.4 Å². The van der Waals surface area contributed by atoms with Gasteiger partial charge in [-0.3, -0.25) is 9.59 Å². The zero-order valence-corrected chi connectivity index (χ0v) is 21.5. The quantitative estimate of drug-likeness (QED) is 0.320. The van der Waals surface area contributed by atoms with Gasteiger partial charge in [0.25, 0.3) is 5.91 Å². The van der Waals surface area contributed by atoms with Crippen molar-refractivity contribution in [2.75, 3.05) is 23.4 Å². The Kier molecular flexibility index (Phi) is 7.40. The molecule has 1 aliphatic heterocycles. The summed E-state index contributed by atoms with van der Waals surface area (Å²) >= 11 is 0. The average molecular weight is 507 g/mol. The van der Waals surface area contributed by atoms with Gasteiger partial charge in [0.15, 0.2) is 6.10 Å². The molecule has 0 radical (unpaired) electrons. The van der Waals surface area contributed by atoms with Gasteiger partial charge in [0.05, 0.1) is 18.2 Å². The number of carbonyl (C=O) groups is 2. The van der Waals surface area contributed by atoms with Crippen LogP contribution in [0.5, 0.6) is 11.5 Å². The zero-order chi connectivity index (χ0) is 26.5. The second-order valence-corrected chi connectivity index (χ2v) is 9.34. The summed E-state index contributed by atoms with van der Waals surface area (Å²) in [5.41, 5.74) is 4.09. The van der Waals surface area contributed by atoms with Crippen molar-refractivity contribution in [2.24, 2.45) is 0 Å². The molecule has 2 amide bonds. The largest absolute Gasteiger partial charge is 0.492 e. The molecule has 0 fully saturated rings. The third-order valence-electron chi connectivity index (χ3n) is 6.54. The predicted molar refractivity (Wildman–Crippen MR) is 149 cm³/mol. The van der Waals surface area contributed by atoms with E-state index in [1.807, 2.05) is 91.9 Å². The summed E-state index contributed by atoms with van der Waals surface area (Å²) in [6.45, 7) is 4.41. The second-order valence-electron chi connectivity index (χ2n) is 9.34. The fourth-order valence-electron chi connectivity index (χ4n) is 4.68. The standard InChI is InChI=1S/C32H30N2O4/c1-22-10-9-15-27(20-22)37-19-18-34-28-21-26(16-17-29(28)38-23(2)32(34)36)33-31(35)30(24-11-5-3-6-12-24)25-13-7-4-8-14-25/h3-17,20-21,23,30H,18-19H2,1-2H3,(H,33,35). The summed E-state index contributed by atoms with van der Waals surface area (Å²) in [5.74, 6) is 0.555. The first-order chi connectivity index (χ1) is 18.5. The number of carbonyl (C=O) groups excluding carboxylic acids is 2. The van der Waals surface area contributed by atoms with Gasteiger partial charge in [-0.05, 0) is 60.9 Å². The topological polar surface area (TPSA) is 67.9 Å². The van der Waals surface area contributed by atoms with Crippen molar-refractivity contribution in [2.45, 2.75) is 25.9 Å². The molecular weight excluding hydrogens is 476 g/mol. The summed E-state index contributed by atoms with van der Waals surface area (Å²) in [6, 6.07) is 32.6. The maximum Gasteiger partial charge on any atom is 0.267 e. The Morgan fingerprint density at radius 2 is 1.61 bits per heavy atom. The van der Waals surface area contributed by atoms with Crippen molar-refractivity contribution in [3.63, 3.8) is 0 Å². The molecule has 0 aliphatic carbocycles. The van der Waals surface area contributed by atoms with E-state index in [-0.39, 0.29) is 11.8 Å². The highest BCUT2D eigenvalue weighted by Crippen LogP contribution is 2.37. The van der Waals surface area contributed by atoms with Crippen molar-refractivity contribution < 1.29 is 19.1 Å². The third kappa shape index (κ3) is 5.54. The summed E-state index contributed by atoms with van der Waals surface area (Å²) in [5, 5.41) is 3.06. The highest BCUT2D eigenvalue weighted by Gasteiger charge is 2.32. The van der Waals surface area contributed by atoms with Gasteiger partial charge in [-0.25, -0.2) is 0 Å². The van der Waals surface area contributed by atoms with E-state index in [4.69, 9.17) is 9.47 Å². The number of nitrogens with zero attached hydrogens (tertiary/aromatic N) is 1. The van der Waals surface area contributed by atoms with E-state index in [9.17, 15) is 9.59 Å². The normalized spacial score (nSPS) is 14.6. The number of hydrogen-bond acceptors (Lipinski definition) is 4. The number of fused-ring (bicyclic) bond motifs is 1. The Morgan fingerprint density at radius 1 is 0.921 bits per heavy atom. The molecule has 6 heteroatoms. The number of ether oxygens (including phenoxy) is 2. The maximum atomic E-state index is 13.6. The molecule has 1 aliphatic rings. The monoisotopic (exact) mass is 506 g/mol. The van der Waals surface area contributed by atoms with Gasteiger partial charge in [0.1, 0.15) is 18.1 Å². The van der Waals surface area contributed by atoms with E-state index in [0.29, 0.717) is 30.3 Å². The molecule has 192 valence electrons. The molecule has 0 saturated carbocycles. The molecule has 6 nitrogen and oxygen atoms in total. The number of nitrogens with one attached hydrogen (secondary N) is 1. The number of rotatable bonds is 8. The first-order valence-corrected chi connectivity index (χ1v) is 12.7. The first-order valence-electron chi connectivity index (χ1n) is 12.7. The van der Waals surface area contributed by atoms with Gasteiger partial charge in [0, 0.05) is 5.69 Å². The lowest BCUT2D eigenvalue weighted by molar-refractivity contribution is -0.125. The van der Waals surface area contributed by atoms with Gasteiger partial charge in [-0.1, -0.05) is 72.8 Å². The fourth-order valence-corrected chi connectivity index (χ4v) is 4.68. The lowest BCUT2D eigenvalue weighted by Crippen LogP contribution is -2.46. The minimum Gasteiger partial charge on any atom is -0.492 e. The van der Waals surface area contributed by atoms with Crippen molar-refractivity contribution in [3.05, 3.63) is 120 Å². The fraction of sp³-hybridized carbons (Fsp3) is 0.188. The highest BCUT2D eigenvalue weighted by atomic mass is 16.5. The van der Waals surface area contributed by atoms with Crippen LogP contribution >= 0.6 is 0 Å². The summed E-state index contributed by atoms with van der Waals surface area (Å²) in [4.78, 5) is 28.3. The second kappa shape index (κ2) is 11.2. The molecule has 4 aromatic rings. The molecule has 0 saturated heterocycles. The van der Waals surface area contributed by atoms with Gasteiger partial charge < -0.3 is 19.7 Å². The van der Waals surface area contributed by atoms with Crippen LogP contribution in [0, 0.1) is 6.92 Å². The smallest absolute Gasteiger partial charge is 0.267 e. The van der Waals surface area contributed by atoms with Crippen LogP contribution in [0.3, 0.4) is 0 Å². The third-order valence-corrected chi connectivity index (χ3v) is 6.54. The van der Waals surface area contributed by atoms with Crippen molar-refractivity contribution in [3.8, 4) is 11.5 Å². The molecule has 1 unspecified atom stereocenters. The van der Waals surface area contributed by atoms with Gasteiger partial charge in [0.2, 0.25) is 5.91 Å². The van der Waals surface area contributed by atoms with Gasteiger partial charge >= 0.3 is 0 Å². The van der Waals surface area contributed by atoms with E-state index >= 15 is 0 Å². The van der Waals surface area contributed by atoms with Crippen LogP contribution in [0.4, 0.5) is 11.4 Å². The molecular formula is C32H30N2O4. The Morgan fingerprint density at radius 3 is 2.26 bits per heavy atom. The lowest BCUT2D eigenvalue weighted by Gasteiger charge is -2.33. The molecule has 4 aromatic carbocycles. The highest BCUT2D eigenvalue weighted by molar-refractivity contribution is 6.02. The predicted octanol–water partition coefficient (Wildman–Crippen LogP) is 5.96. The van der Waals surface area contributed by atoms with Gasteiger partial charge in [-0.2, -0.15) is 0 Å². The van der Waals surface area contributed by atoms with E-state index in [1.165, 1.54) is 0 Å². The Bertz CT molecular complexity index is 1380. The van der Waals surface area contributed by atoms with Crippen LogP contribution in [-0.2, 0) is 9.59 Å². The molecule has 1 atom stereocenters. The van der Waals surface area contributed by atoms with Crippen LogP contribution in [0.2, 0.25) is 0 Å². The zero-order valence-electron chi connectivity index (χ0n) is 21.5. The number of hydrogen-bond donors (Lipinski definition) is 1. The number of aryl methyl sites for hydroxylation is 1. The maximum absolute atomic E-state index is 13.6. The average Bonchev–Trinajstić information content (AvgIpc) is 2.92. The van der Waals surface area contributed by atoms with Crippen molar-refractivity contribution in [1.82, 2.24) is 0 Å². The molecule has 0 bridgehead atoms. The summed E-state index contributed by atoms with van der Waals surface area (Å²) < 4.78 is 11.8. The SMILES string of the molecule is Cc1cccc(OCCN2C(=O)C(C)Oc3ccc(NC(=O)C(c4ccccc4)c4ccccc4)cc32)c1. The minimum atomic E-state index is -0.609. The summed E-state index contributed by atoms with van der Waals surface area (Å²) in [7, 11) is 0. The molecule has 1 N–H and O–H groups in total. The van der Waals surface area contributed by atoms with E-state index < -0.39 is 12.0 Å². The van der Waals surface area contributed by atoms with E-state index in [1.54, 1.807) is 30.0 Å². The van der Waals surface area contributed by atoms with Gasteiger partial charge in [-0.15, -0.1) is 0 Å². The Labute approximate surface area is 222 Å². The number of benzene rings is 4. The minimum absolute atomic E-state index is 0.153. The molecule has 1 heterocycles. The Hall–Kier alpha value is -4.58. The van der Waals surface area contributed by atoms with Crippen LogP contribution in [-0.4, -0.2) is 31.1 Å². The lowest BCUT2D eigenvalue weighted by atomic mass is 9.90. The summed E-state index contributed by atoms with van der Waals surface area (Å²) in [6.07, 6.45) is -0.609. The van der Waals surface area contributed by atoms with Crippen LogP contribution in [0.1, 0.15) is 29.5 Å². The molecule has 0 spiro atoms. The van der Waals surface area contributed by atoms with Crippen LogP contribution in [0.15, 0.2) is 103 Å².